The molecule has 1 atom stereocenters. The van der Waals surface area contributed by atoms with E-state index in [0.29, 0.717) is 22.2 Å². The number of nitrogens with one attached hydrogen (secondary N) is 3. The van der Waals surface area contributed by atoms with Crippen molar-refractivity contribution in [1.29, 1.82) is 0 Å². The first kappa shape index (κ1) is 21.6. The van der Waals surface area contributed by atoms with E-state index >= 15 is 0 Å². The summed E-state index contributed by atoms with van der Waals surface area (Å²) in [6.07, 6.45) is 1.11. The maximum atomic E-state index is 12.5. The Balaban J connectivity index is 1.81. The van der Waals surface area contributed by atoms with Crippen molar-refractivity contribution in [2.75, 3.05) is 17.7 Å². The first-order valence-corrected chi connectivity index (χ1v) is 10.1. The number of nitroso groups, excluding NO2 is 1. The minimum absolute atomic E-state index is 0.190. The molecule has 7 nitrogen and oxygen atoms in total. The minimum atomic E-state index is -0.466. The van der Waals surface area contributed by atoms with Crippen LogP contribution in [0.3, 0.4) is 0 Å². The SMILES string of the molecule is COc1cc(C)c(C)cc1NC1N=CC(Cl)=C(Nc2ccccc2[N+](=O)C(C)C)N1. The van der Waals surface area contributed by atoms with Crippen LogP contribution in [0, 0.1) is 18.8 Å². The lowest BCUT2D eigenvalue weighted by Gasteiger charge is -2.26. The highest BCUT2D eigenvalue weighted by Crippen LogP contribution is 2.30. The fraction of sp³-hybridized carbons (Fsp3) is 0.318. The summed E-state index contributed by atoms with van der Waals surface area (Å²) in [5, 5.41) is 10.2. The van der Waals surface area contributed by atoms with Crippen molar-refractivity contribution in [3.05, 3.63) is 63.3 Å². The Kier molecular flexibility index (Phi) is 6.62. The number of hydrogen-bond donors (Lipinski definition) is 3. The van der Waals surface area contributed by atoms with Crippen LogP contribution in [0.2, 0.25) is 0 Å². The molecule has 0 aromatic heterocycles. The van der Waals surface area contributed by atoms with Crippen molar-refractivity contribution >= 4 is 34.9 Å². The Bertz CT molecular complexity index is 1020. The lowest BCUT2D eigenvalue weighted by atomic mass is 10.1. The molecule has 30 heavy (non-hydrogen) atoms. The number of benzene rings is 2. The van der Waals surface area contributed by atoms with Gasteiger partial charge in [-0.1, -0.05) is 23.7 Å². The highest BCUT2D eigenvalue weighted by atomic mass is 35.5. The fourth-order valence-electron chi connectivity index (χ4n) is 3.02. The fourth-order valence-corrected chi connectivity index (χ4v) is 3.18. The first-order valence-electron chi connectivity index (χ1n) is 9.73. The first-order chi connectivity index (χ1) is 14.3. The standard InChI is InChI=1S/C22H27ClN5O2/c1-13(2)28(29)19-9-7-6-8-17(19)25-21-16(23)12-24-22(27-21)26-18-10-14(3)15(4)11-20(18)30-5/h6-13,22,25-27H,1-5H3/q+1. The van der Waals surface area contributed by atoms with E-state index < -0.39 is 6.29 Å². The molecule has 8 heteroatoms. The van der Waals surface area contributed by atoms with Crippen LogP contribution in [0.1, 0.15) is 25.0 Å². The molecule has 0 aliphatic carbocycles. The lowest BCUT2D eigenvalue weighted by Crippen LogP contribution is -2.39. The highest BCUT2D eigenvalue weighted by molar-refractivity contribution is 6.40. The van der Waals surface area contributed by atoms with Crippen molar-refractivity contribution in [3.63, 3.8) is 0 Å². The molecule has 0 saturated carbocycles. The zero-order valence-electron chi connectivity index (χ0n) is 17.8. The largest absolute Gasteiger partial charge is 0.495 e. The maximum absolute atomic E-state index is 12.5. The zero-order valence-corrected chi connectivity index (χ0v) is 18.5. The Morgan fingerprint density at radius 3 is 2.57 bits per heavy atom. The number of methoxy groups -OCH3 is 1. The van der Waals surface area contributed by atoms with Gasteiger partial charge in [0.05, 0.1) is 17.8 Å². The van der Waals surface area contributed by atoms with E-state index in [1.165, 1.54) is 0 Å². The molecule has 0 saturated heterocycles. The molecule has 3 rings (SSSR count). The summed E-state index contributed by atoms with van der Waals surface area (Å²) in [5.41, 5.74) is 4.29. The summed E-state index contributed by atoms with van der Waals surface area (Å²) in [4.78, 5) is 16.9. The van der Waals surface area contributed by atoms with Gasteiger partial charge in [0.1, 0.15) is 17.3 Å². The number of aryl methyl sites for hydroxylation is 2. The number of para-hydroxylation sites is 2. The van der Waals surface area contributed by atoms with Crippen molar-refractivity contribution in [3.8, 4) is 5.75 Å². The van der Waals surface area contributed by atoms with Crippen LogP contribution in [0.4, 0.5) is 17.1 Å². The molecule has 0 amide bonds. The smallest absolute Gasteiger partial charge is 0.279 e. The maximum Gasteiger partial charge on any atom is 0.279 e. The van der Waals surface area contributed by atoms with E-state index in [4.69, 9.17) is 16.3 Å². The number of anilines is 2. The molecule has 2 aromatic carbocycles. The van der Waals surface area contributed by atoms with Gasteiger partial charge in [-0.15, -0.1) is 0 Å². The predicted octanol–water partition coefficient (Wildman–Crippen LogP) is 5.02. The van der Waals surface area contributed by atoms with Gasteiger partial charge in [-0.05, 0) is 43.2 Å². The van der Waals surface area contributed by atoms with Crippen molar-refractivity contribution in [1.82, 2.24) is 5.32 Å². The second kappa shape index (κ2) is 9.17. The Morgan fingerprint density at radius 1 is 1.17 bits per heavy atom. The monoisotopic (exact) mass is 428 g/mol. The molecule has 2 aromatic rings. The van der Waals surface area contributed by atoms with E-state index in [-0.39, 0.29) is 6.04 Å². The normalized spacial score (nSPS) is 15.8. The number of hydrogen-bond acceptors (Lipinski definition) is 6. The van der Waals surface area contributed by atoms with Crippen molar-refractivity contribution in [2.45, 2.75) is 40.0 Å². The van der Waals surface area contributed by atoms with E-state index in [9.17, 15) is 4.91 Å². The zero-order chi connectivity index (χ0) is 21.8. The van der Waals surface area contributed by atoms with Crippen LogP contribution in [0.15, 0.2) is 52.2 Å². The van der Waals surface area contributed by atoms with E-state index in [1.807, 2.05) is 58.0 Å². The molecule has 1 unspecified atom stereocenters. The van der Waals surface area contributed by atoms with Gasteiger partial charge in [0, 0.05) is 35.8 Å². The molecule has 1 aliphatic heterocycles. The molecular weight excluding hydrogens is 402 g/mol. The highest BCUT2D eigenvalue weighted by Gasteiger charge is 2.24. The second-order valence-corrected chi connectivity index (χ2v) is 7.80. The molecule has 0 bridgehead atoms. The van der Waals surface area contributed by atoms with Gasteiger partial charge in [0.15, 0.2) is 6.29 Å². The summed E-state index contributed by atoms with van der Waals surface area (Å²) in [5.74, 6) is 1.28. The quantitative estimate of drug-likeness (QED) is 0.539. The van der Waals surface area contributed by atoms with Crippen LogP contribution >= 0.6 is 11.6 Å². The van der Waals surface area contributed by atoms with Crippen LogP contribution in [0.5, 0.6) is 5.75 Å². The van der Waals surface area contributed by atoms with Crippen LogP contribution in [0.25, 0.3) is 0 Å². The number of aliphatic imine (C=N–C) groups is 1. The summed E-state index contributed by atoms with van der Waals surface area (Å²) in [7, 11) is 1.64. The molecule has 0 spiro atoms. The Labute approximate surface area is 181 Å². The van der Waals surface area contributed by atoms with E-state index in [2.05, 4.69) is 20.9 Å². The molecule has 0 fully saturated rings. The van der Waals surface area contributed by atoms with Crippen LogP contribution < -0.4 is 20.7 Å². The third-order valence-electron chi connectivity index (χ3n) is 4.84. The average Bonchev–Trinajstić information content (AvgIpc) is 2.72. The number of ether oxygens (including phenoxy) is 1. The van der Waals surface area contributed by atoms with Gasteiger partial charge in [-0.25, -0.2) is 4.99 Å². The summed E-state index contributed by atoms with van der Waals surface area (Å²) >= 11 is 6.36. The van der Waals surface area contributed by atoms with Gasteiger partial charge in [0.25, 0.3) is 5.69 Å². The molecule has 158 valence electrons. The van der Waals surface area contributed by atoms with Gasteiger partial charge < -0.3 is 20.7 Å². The second-order valence-electron chi connectivity index (χ2n) is 7.39. The third-order valence-corrected chi connectivity index (χ3v) is 5.12. The van der Waals surface area contributed by atoms with Gasteiger partial charge in [0.2, 0.25) is 6.04 Å². The number of halogens is 1. The Hall–Kier alpha value is -3.06. The van der Waals surface area contributed by atoms with E-state index in [0.717, 1.165) is 27.3 Å². The molecule has 1 aliphatic rings. The molecule has 3 N–H and O–H groups in total. The van der Waals surface area contributed by atoms with Crippen LogP contribution in [-0.2, 0) is 0 Å². The van der Waals surface area contributed by atoms with Gasteiger partial charge in [-0.3, -0.25) is 0 Å². The summed E-state index contributed by atoms with van der Waals surface area (Å²) < 4.78 is 6.46. The number of rotatable bonds is 7. The van der Waals surface area contributed by atoms with Crippen molar-refractivity contribution < 1.29 is 9.50 Å². The molecular formula is C22H27ClN5O2+. The van der Waals surface area contributed by atoms with Gasteiger partial charge in [-0.2, -0.15) is 0 Å². The summed E-state index contributed by atoms with van der Waals surface area (Å²) in [6, 6.07) is 11.1. The lowest BCUT2D eigenvalue weighted by molar-refractivity contribution is -0.496. The number of allylic oxidation sites excluding steroid dienone is 1. The van der Waals surface area contributed by atoms with Gasteiger partial charge >= 0.3 is 0 Å². The Morgan fingerprint density at radius 2 is 1.87 bits per heavy atom. The van der Waals surface area contributed by atoms with Crippen LogP contribution in [-0.4, -0.2) is 30.4 Å². The number of nitrogens with zero attached hydrogens (tertiary/aromatic N) is 2. The predicted molar refractivity (Wildman–Crippen MR) is 123 cm³/mol. The van der Waals surface area contributed by atoms with Crippen molar-refractivity contribution in [2.24, 2.45) is 4.99 Å². The third kappa shape index (κ3) is 4.74. The topological polar surface area (TPSA) is 77.8 Å². The average molecular weight is 429 g/mol. The molecule has 0 radical (unpaired) electrons. The summed E-state index contributed by atoms with van der Waals surface area (Å²) in [6.45, 7) is 7.77. The molecule has 1 heterocycles. The minimum Gasteiger partial charge on any atom is -0.495 e. The van der Waals surface area contributed by atoms with E-state index in [1.54, 1.807) is 19.4 Å².